The fourth-order valence-corrected chi connectivity index (χ4v) is 4.68. The average Bonchev–Trinajstić information content (AvgIpc) is 3.48. The highest BCUT2D eigenvalue weighted by Crippen LogP contribution is 2.46. The lowest BCUT2D eigenvalue weighted by atomic mass is 10.1. The van der Waals surface area contributed by atoms with Crippen molar-refractivity contribution in [2.45, 2.75) is 63.4 Å². The summed E-state index contributed by atoms with van der Waals surface area (Å²) in [5, 5.41) is 19.7. The fraction of sp³-hybridized carbons (Fsp3) is 0.632. The number of nitrogens with two attached hydrogens (primary N) is 1. The summed E-state index contributed by atoms with van der Waals surface area (Å²) in [5.41, 5.74) is 6.82. The molecule has 5 atom stereocenters. The van der Waals surface area contributed by atoms with E-state index in [0.29, 0.717) is 23.4 Å². The normalized spacial score (nSPS) is 26.9. The van der Waals surface area contributed by atoms with E-state index in [2.05, 4.69) is 38.8 Å². The highest BCUT2D eigenvalue weighted by Gasteiger charge is 2.52. The van der Waals surface area contributed by atoms with Crippen molar-refractivity contribution >= 4 is 24.8 Å². The van der Waals surface area contributed by atoms with Gasteiger partial charge in [0.05, 0.1) is 12.9 Å². The largest absolute Gasteiger partial charge is 0.470 e. The summed E-state index contributed by atoms with van der Waals surface area (Å²) in [6.07, 6.45) is 1.14. The van der Waals surface area contributed by atoms with Gasteiger partial charge in [-0.05, 0) is 6.42 Å². The minimum Gasteiger partial charge on any atom is -0.394 e. The number of anilines is 1. The number of phosphoric ester groups is 1. The van der Waals surface area contributed by atoms with Crippen molar-refractivity contribution in [3.63, 3.8) is 0 Å². The molecular formula is C19H29N8O7P. The number of aromatic nitrogens is 4. The first-order chi connectivity index (χ1) is 16.7. The van der Waals surface area contributed by atoms with Gasteiger partial charge in [-0.25, -0.2) is 24.5 Å². The van der Waals surface area contributed by atoms with Gasteiger partial charge in [0.1, 0.15) is 35.9 Å². The Morgan fingerprint density at radius 3 is 2.74 bits per heavy atom. The highest BCUT2D eigenvalue weighted by atomic mass is 31.2. The number of unbranched alkanes of at least 4 members (excludes halogenated alkanes) is 3. The second kappa shape index (κ2) is 10.6. The molecule has 2 aliphatic rings. The molecule has 0 radical (unpaired) electrons. The van der Waals surface area contributed by atoms with Crippen molar-refractivity contribution in [3.8, 4) is 0 Å². The Balaban J connectivity index is 1.66. The van der Waals surface area contributed by atoms with Gasteiger partial charge in [-0.1, -0.05) is 38.0 Å². The zero-order valence-corrected chi connectivity index (χ0v) is 20.0. The molecule has 16 heteroatoms. The van der Waals surface area contributed by atoms with Crippen LogP contribution in [0.5, 0.6) is 0 Å². The number of aliphatic hydroxyl groups is 1. The molecule has 4 rings (SSSR count). The Kier molecular flexibility index (Phi) is 7.76. The number of nitrogens with zero attached hydrogens (tertiary/aromatic N) is 7. The van der Waals surface area contributed by atoms with Crippen LogP contribution in [-0.4, -0.2) is 77.1 Å². The average molecular weight is 512 g/mol. The molecule has 4 heterocycles. The maximum atomic E-state index is 11.8. The van der Waals surface area contributed by atoms with E-state index >= 15 is 0 Å². The van der Waals surface area contributed by atoms with Crippen LogP contribution in [0.25, 0.3) is 11.2 Å². The van der Waals surface area contributed by atoms with Crippen molar-refractivity contribution in [2.75, 3.05) is 18.9 Å². The third-order valence-electron chi connectivity index (χ3n) is 5.76. The lowest BCUT2D eigenvalue weighted by Gasteiger charge is -2.30. The molecule has 0 spiro atoms. The number of phosphoric acid groups is 1. The summed E-state index contributed by atoms with van der Waals surface area (Å²) >= 11 is 0. The molecule has 15 nitrogen and oxygen atoms in total. The summed E-state index contributed by atoms with van der Waals surface area (Å²) in [4.78, 5) is 31.4. The lowest BCUT2D eigenvalue weighted by molar-refractivity contribution is -0.128. The Labute approximate surface area is 200 Å². The molecule has 0 amide bonds. The predicted molar refractivity (Wildman–Crippen MR) is 121 cm³/mol. The van der Waals surface area contributed by atoms with Gasteiger partial charge in [0, 0.05) is 6.54 Å². The van der Waals surface area contributed by atoms with Gasteiger partial charge >= 0.3 is 7.82 Å². The molecule has 0 saturated carbocycles. The van der Waals surface area contributed by atoms with Crippen LogP contribution < -0.4 is 5.73 Å². The first kappa shape index (κ1) is 25.6. The first-order valence-corrected chi connectivity index (χ1v) is 12.7. The number of hydrogen-bond acceptors (Lipinski definition) is 12. The Hall–Kier alpha value is -2.52. The quantitative estimate of drug-likeness (QED) is 0.248. The summed E-state index contributed by atoms with van der Waals surface area (Å²) in [6, 6.07) is 0. The van der Waals surface area contributed by atoms with Crippen molar-refractivity contribution in [3.05, 3.63) is 24.9 Å². The van der Waals surface area contributed by atoms with Crippen molar-refractivity contribution in [1.82, 2.24) is 24.5 Å². The lowest BCUT2D eigenvalue weighted by Crippen LogP contribution is -2.43. The number of aliphatic hydroxyl groups excluding tert-OH is 1. The van der Waals surface area contributed by atoms with Crippen LogP contribution >= 0.6 is 7.82 Å². The summed E-state index contributed by atoms with van der Waals surface area (Å²) < 4.78 is 30.5. The molecule has 2 aromatic rings. The third kappa shape index (κ3) is 5.51. The van der Waals surface area contributed by atoms with Crippen LogP contribution in [-0.2, 0) is 18.6 Å². The van der Waals surface area contributed by atoms with E-state index in [1.165, 1.54) is 17.2 Å². The third-order valence-corrected chi connectivity index (χ3v) is 6.27. The van der Waals surface area contributed by atoms with Gasteiger partial charge in [0.15, 0.2) is 23.9 Å². The molecule has 1 saturated heterocycles. The zero-order valence-electron chi connectivity index (χ0n) is 19.1. The van der Waals surface area contributed by atoms with Crippen LogP contribution in [0, 0.1) is 0 Å². The first-order valence-electron chi connectivity index (χ1n) is 11.2. The van der Waals surface area contributed by atoms with Crippen molar-refractivity contribution in [2.24, 2.45) is 10.3 Å². The highest BCUT2D eigenvalue weighted by molar-refractivity contribution is 7.46. The van der Waals surface area contributed by atoms with Crippen LogP contribution in [0.2, 0.25) is 0 Å². The van der Waals surface area contributed by atoms with Gasteiger partial charge in [0.2, 0.25) is 0 Å². The number of hydrogen-bond donors (Lipinski definition) is 4. The number of rotatable bonds is 11. The van der Waals surface area contributed by atoms with E-state index < -0.39 is 45.2 Å². The molecule has 1 unspecified atom stereocenters. The van der Waals surface area contributed by atoms with Crippen LogP contribution in [0.3, 0.4) is 0 Å². The molecule has 0 aliphatic carbocycles. The molecule has 1 fully saturated rings. The summed E-state index contributed by atoms with van der Waals surface area (Å²) in [6.45, 7) is 5.95. The van der Waals surface area contributed by atoms with Crippen molar-refractivity contribution < 1.29 is 33.5 Å². The maximum absolute atomic E-state index is 11.8. The minimum absolute atomic E-state index is 0.144. The number of nitrogen functional groups attached to an aromatic ring is 1. The molecular weight excluding hydrogens is 483 g/mol. The predicted octanol–water partition coefficient (Wildman–Crippen LogP) is 1.26. The number of fused-ring (bicyclic) bond motifs is 1. The van der Waals surface area contributed by atoms with E-state index in [-0.39, 0.29) is 5.82 Å². The van der Waals surface area contributed by atoms with E-state index in [9.17, 15) is 19.5 Å². The Bertz CT molecular complexity index is 1120. The molecule has 35 heavy (non-hydrogen) atoms. The van der Waals surface area contributed by atoms with E-state index in [1.807, 2.05) is 0 Å². The molecule has 5 N–H and O–H groups in total. The SMILES string of the molecule is C=C1N=NN(CCCCCC)C1O[C@@H]1[C@H](OP(=O)(O)O)[C@@H](CO)O[C@H]1n1cnc2c(N)ncnc21. The second-order valence-corrected chi connectivity index (χ2v) is 9.44. The fourth-order valence-electron chi connectivity index (χ4n) is 4.11. The van der Waals surface area contributed by atoms with E-state index in [1.54, 1.807) is 5.01 Å². The minimum atomic E-state index is -4.99. The molecule has 0 aromatic carbocycles. The summed E-state index contributed by atoms with van der Waals surface area (Å²) in [5.74, 6) is 0.144. The van der Waals surface area contributed by atoms with Crippen LogP contribution in [0.1, 0.15) is 38.8 Å². The van der Waals surface area contributed by atoms with Gasteiger partial charge in [-0.3, -0.25) is 9.09 Å². The second-order valence-electron chi connectivity index (χ2n) is 8.25. The van der Waals surface area contributed by atoms with E-state index in [4.69, 9.17) is 19.7 Å². The van der Waals surface area contributed by atoms with Gasteiger partial charge in [0.25, 0.3) is 0 Å². The smallest absolute Gasteiger partial charge is 0.394 e. The van der Waals surface area contributed by atoms with E-state index in [0.717, 1.165) is 25.7 Å². The molecule has 2 aliphatic heterocycles. The van der Waals surface area contributed by atoms with Gasteiger partial charge in [-0.2, -0.15) is 0 Å². The Morgan fingerprint density at radius 2 is 2.03 bits per heavy atom. The molecule has 0 bridgehead atoms. The van der Waals surface area contributed by atoms with Gasteiger partial charge in [-0.15, -0.1) is 5.11 Å². The summed E-state index contributed by atoms with van der Waals surface area (Å²) in [7, 11) is -4.99. The zero-order chi connectivity index (χ0) is 25.2. The number of imidazole rings is 1. The van der Waals surface area contributed by atoms with Crippen LogP contribution in [0.15, 0.2) is 35.3 Å². The monoisotopic (exact) mass is 512 g/mol. The molecule has 192 valence electrons. The molecule has 2 aromatic heterocycles. The number of ether oxygens (including phenoxy) is 2. The topological polar surface area (TPSA) is 203 Å². The Morgan fingerprint density at radius 1 is 1.23 bits per heavy atom. The van der Waals surface area contributed by atoms with Gasteiger partial charge < -0.3 is 30.1 Å². The maximum Gasteiger partial charge on any atom is 0.470 e. The van der Waals surface area contributed by atoms with Crippen LogP contribution in [0.4, 0.5) is 5.82 Å². The standard InChI is InChI=1S/C19H29N8O7P/c1-3-4-5-6-7-27-18(11(2)24-25-27)33-15-14(34-35(29,30)31)12(8-28)32-19(15)26-10-23-13-16(20)21-9-22-17(13)26/h9-10,12,14-15,18-19,28H,2-8H2,1H3,(H2,20,21,22)(H2,29,30,31)/t12-,14-,15-,18?,19-/m1/s1. The van der Waals surface area contributed by atoms with Crippen molar-refractivity contribution in [1.29, 1.82) is 0 Å².